The Morgan fingerprint density at radius 1 is 1.17 bits per heavy atom. The molecule has 35 heavy (non-hydrogen) atoms. The van der Waals surface area contributed by atoms with Gasteiger partial charge in [-0.2, -0.15) is 10.5 Å². The van der Waals surface area contributed by atoms with E-state index in [0.29, 0.717) is 47.0 Å². The highest BCUT2D eigenvalue weighted by Crippen LogP contribution is 2.39. The van der Waals surface area contributed by atoms with Crippen molar-refractivity contribution in [3.8, 4) is 12.1 Å². The molecule has 1 atom stereocenters. The van der Waals surface area contributed by atoms with Gasteiger partial charge in [0, 0.05) is 43.8 Å². The van der Waals surface area contributed by atoms with Crippen LogP contribution >= 0.6 is 23.1 Å². The average molecular weight is 504 g/mol. The van der Waals surface area contributed by atoms with Crippen LogP contribution in [0.25, 0.3) is 0 Å². The van der Waals surface area contributed by atoms with Crippen molar-refractivity contribution >= 4 is 34.8 Å². The molecule has 0 aliphatic carbocycles. The Morgan fingerprint density at radius 3 is 2.46 bits per heavy atom. The third kappa shape index (κ3) is 5.46. The van der Waals surface area contributed by atoms with Crippen molar-refractivity contribution in [2.75, 3.05) is 31.1 Å². The van der Waals surface area contributed by atoms with Gasteiger partial charge in [0.05, 0.1) is 16.6 Å². The fourth-order valence-electron chi connectivity index (χ4n) is 4.19. The summed E-state index contributed by atoms with van der Waals surface area (Å²) in [6, 6.07) is 13.8. The average Bonchev–Trinajstić information content (AvgIpc) is 3.40. The number of anilines is 1. The molecule has 1 fully saturated rings. The van der Waals surface area contributed by atoms with Crippen molar-refractivity contribution in [3.05, 3.63) is 69.2 Å². The highest BCUT2D eigenvalue weighted by Gasteiger charge is 2.28. The van der Waals surface area contributed by atoms with Crippen LogP contribution in [-0.2, 0) is 17.8 Å². The number of carbonyl (C=O) groups excluding carboxylic acids is 1. The summed E-state index contributed by atoms with van der Waals surface area (Å²) in [5.41, 5.74) is 9.75. The number of nitriles is 2. The standard InChI is InChI=1S/C25H25N7OS2/c1-2-19-20(12-26)24(32-10-8-31(9-11-32)15-18-14-29-16-34-18)30-25(21(19)13-27)35-22(23(28)33)17-6-4-3-5-7-17/h3-7,14,16,22H,2,8-11,15H2,1H3,(H2,28,33). The Balaban J connectivity index is 1.66. The van der Waals surface area contributed by atoms with Gasteiger partial charge in [0.1, 0.15) is 28.2 Å². The molecule has 3 heterocycles. The number of rotatable bonds is 8. The molecule has 1 aromatic carbocycles. The molecular formula is C25H25N7OS2. The van der Waals surface area contributed by atoms with E-state index in [4.69, 9.17) is 10.7 Å². The molecule has 0 saturated carbocycles. The van der Waals surface area contributed by atoms with Gasteiger partial charge in [-0.25, -0.2) is 4.98 Å². The summed E-state index contributed by atoms with van der Waals surface area (Å²) in [6.07, 6.45) is 2.40. The number of thiazole rings is 1. The minimum absolute atomic E-state index is 0.337. The van der Waals surface area contributed by atoms with Crippen LogP contribution in [0.4, 0.5) is 5.82 Å². The van der Waals surface area contributed by atoms with Crippen molar-refractivity contribution in [2.24, 2.45) is 5.73 Å². The number of aromatic nitrogens is 2. The summed E-state index contributed by atoms with van der Waals surface area (Å²) in [7, 11) is 0. The molecule has 3 aromatic rings. The first kappa shape index (κ1) is 24.7. The maximum atomic E-state index is 12.4. The number of nitrogens with two attached hydrogens (primary N) is 1. The fraction of sp³-hybridized carbons (Fsp3) is 0.320. The van der Waals surface area contributed by atoms with Crippen molar-refractivity contribution in [1.29, 1.82) is 10.5 Å². The maximum Gasteiger partial charge on any atom is 0.235 e. The van der Waals surface area contributed by atoms with E-state index in [1.165, 1.54) is 16.6 Å². The fourth-order valence-corrected chi connectivity index (χ4v) is 5.88. The lowest BCUT2D eigenvalue weighted by atomic mass is 10.0. The van der Waals surface area contributed by atoms with Crippen LogP contribution < -0.4 is 10.6 Å². The Morgan fingerprint density at radius 2 is 1.89 bits per heavy atom. The smallest absolute Gasteiger partial charge is 0.235 e. The number of benzene rings is 1. The quantitative estimate of drug-likeness (QED) is 0.464. The predicted molar refractivity (Wildman–Crippen MR) is 137 cm³/mol. The van der Waals surface area contributed by atoms with Crippen molar-refractivity contribution in [2.45, 2.75) is 30.2 Å². The van der Waals surface area contributed by atoms with Crippen LogP contribution in [0.1, 0.15) is 39.3 Å². The SMILES string of the molecule is CCc1c(C#N)c(SC(C(N)=O)c2ccccc2)nc(N2CCN(Cc3cncs3)CC2)c1C#N. The van der Waals surface area contributed by atoms with Gasteiger partial charge in [-0.15, -0.1) is 11.3 Å². The predicted octanol–water partition coefficient (Wildman–Crippen LogP) is 3.48. The number of thioether (sulfide) groups is 1. The number of nitrogens with zero attached hydrogens (tertiary/aromatic N) is 6. The molecule has 4 rings (SSSR count). The van der Waals surface area contributed by atoms with Gasteiger partial charge in [0.2, 0.25) is 5.91 Å². The second-order valence-corrected chi connectivity index (χ2v) is 10.2. The number of hydrogen-bond donors (Lipinski definition) is 1. The number of carbonyl (C=O) groups is 1. The van der Waals surface area contributed by atoms with E-state index >= 15 is 0 Å². The van der Waals surface area contributed by atoms with E-state index < -0.39 is 11.2 Å². The molecule has 10 heteroatoms. The van der Waals surface area contributed by atoms with E-state index in [9.17, 15) is 15.3 Å². The van der Waals surface area contributed by atoms with Crippen LogP contribution in [0.5, 0.6) is 0 Å². The van der Waals surface area contributed by atoms with Gasteiger partial charge in [-0.05, 0) is 17.5 Å². The highest BCUT2D eigenvalue weighted by atomic mass is 32.2. The molecule has 178 valence electrons. The van der Waals surface area contributed by atoms with Crippen molar-refractivity contribution in [1.82, 2.24) is 14.9 Å². The van der Waals surface area contributed by atoms with E-state index in [-0.39, 0.29) is 0 Å². The second kappa shape index (κ2) is 11.3. The van der Waals surface area contributed by atoms with Gasteiger partial charge < -0.3 is 10.6 Å². The molecule has 0 radical (unpaired) electrons. The zero-order valence-corrected chi connectivity index (χ0v) is 21.0. The van der Waals surface area contributed by atoms with Gasteiger partial charge in [-0.1, -0.05) is 49.0 Å². The Hall–Kier alpha value is -3.44. The summed E-state index contributed by atoms with van der Waals surface area (Å²) in [4.78, 5) is 27.0. The molecule has 1 amide bonds. The molecule has 1 aliphatic heterocycles. The van der Waals surface area contributed by atoms with Crippen molar-refractivity contribution < 1.29 is 4.79 Å². The first-order valence-corrected chi connectivity index (χ1v) is 13.0. The summed E-state index contributed by atoms with van der Waals surface area (Å²) in [5, 5.41) is 19.7. The van der Waals surface area contributed by atoms with Crippen LogP contribution in [-0.4, -0.2) is 47.0 Å². The molecule has 2 N–H and O–H groups in total. The Kier molecular flexibility index (Phi) is 7.98. The molecule has 0 spiro atoms. The lowest BCUT2D eigenvalue weighted by molar-refractivity contribution is -0.117. The third-order valence-electron chi connectivity index (χ3n) is 5.95. The molecule has 1 aliphatic rings. The summed E-state index contributed by atoms with van der Waals surface area (Å²) in [5.74, 6) is 0.0621. The topological polar surface area (TPSA) is 123 Å². The number of pyridine rings is 1. The molecular weight excluding hydrogens is 478 g/mol. The number of piperazine rings is 1. The van der Waals surface area contributed by atoms with E-state index in [1.54, 1.807) is 11.3 Å². The number of hydrogen-bond acceptors (Lipinski definition) is 9. The second-order valence-electron chi connectivity index (χ2n) is 8.09. The first-order valence-electron chi connectivity index (χ1n) is 11.3. The van der Waals surface area contributed by atoms with Crippen LogP contribution in [0.3, 0.4) is 0 Å². The van der Waals surface area contributed by atoms with E-state index in [2.05, 4.69) is 26.9 Å². The molecule has 1 unspecified atom stereocenters. The minimum Gasteiger partial charge on any atom is -0.368 e. The van der Waals surface area contributed by atoms with Crippen LogP contribution in [0.2, 0.25) is 0 Å². The Bertz CT molecular complexity index is 1260. The van der Waals surface area contributed by atoms with Gasteiger partial charge in [0.25, 0.3) is 0 Å². The van der Waals surface area contributed by atoms with E-state index in [1.807, 2.05) is 49.0 Å². The van der Waals surface area contributed by atoms with Gasteiger partial charge in [-0.3, -0.25) is 14.7 Å². The van der Waals surface area contributed by atoms with Crippen LogP contribution in [0.15, 0.2) is 47.1 Å². The summed E-state index contributed by atoms with van der Waals surface area (Å²) < 4.78 is 0. The molecule has 2 aromatic heterocycles. The first-order chi connectivity index (χ1) is 17.0. The summed E-state index contributed by atoms with van der Waals surface area (Å²) >= 11 is 2.82. The zero-order chi connectivity index (χ0) is 24.8. The normalized spacial score (nSPS) is 14.8. The van der Waals surface area contributed by atoms with Gasteiger partial charge >= 0.3 is 0 Å². The highest BCUT2D eigenvalue weighted by molar-refractivity contribution is 8.00. The lowest BCUT2D eigenvalue weighted by Gasteiger charge is -2.36. The van der Waals surface area contributed by atoms with Crippen LogP contribution in [0, 0.1) is 22.7 Å². The lowest BCUT2D eigenvalue weighted by Crippen LogP contribution is -2.46. The molecule has 1 saturated heterocycles. The third-order valence-corrected chi connectivity index (χ3v) is 7.97. The number of primary amides is 1. The molecule has 8 nitrogen and oxygen atoms in total. The minimum atomic E-state index is -0.697. The largest absolute Gasteiger partial charge is 0.368 e. The Labute approximate surface area is 213 Å². The number of amides is 1. The molecule has 0 bridgehead atoms. The van der Waals surface area contributed by atoms with Gasteiger partial charge in [0.15, 0.2) is 0 Å². The zero-order valence-electron chi connectivity index (χ0n) is 19.3. The monoisotopic (exact) mass is 503 g/mol. The summed E-state index contributed by atoms with van der Waals surface area (Å²) in [6.45, 7) is 5.83. The van der Waals surface area contributed by atoms with Crippen molar-refractivity contribution in [3.63, 3.8) is 0 Å². The maximum absolute atomic E-state index is 12.4. The van der Waals surface area contributed by atoms with E-state index in [0.717, 1.165) is 25.2 Å².